The molecule has 0 bridgehead atoms. The Morgan fingerprint density at radius 1 is 0.762 bits per heavy atom. The molecule has 0 amide bonds. The van der Waals surface area contributed by atoms with Gasteiger partial charge in [0.2, 0.25) is 0 Å². The van der Waals surface area contributed by atoms with E-state index in [1.807, 2.05) is 0 Å². The Bertz CT molecular complexity index is 639. The van der Waals surface area contributed by atoms with Crippen molar-refractivity contribution in [1.82, 2.24) is 0 Å². The van der Waals surface area contributed by atoms with Crippen LogP contribution in [0.4, 0.5) is 32.0 Å². The highest BCUT2D eigenvalue weighted by Crippen LogP contribution is 2.28. The van der Waals surface area contributed by atoms with E-state index in [4.69, 9.17) is 0 Å². The molecule has 0 radical (unpaired) electrons. The SMILES string of the molecule is CC(Nc1c(F)c(F)cc(F)c1F)c1cc(F)cc(F)c1. The Hall–Kier alpha value is -2.18. The van der Waals surface area contributed by atoms with Gasteiger partial charge >= 0.3 is 0 Å². The highest BCUT2D eigenvalue weighted by molar-refractivity contribution is 5.49. The van der Waals surface area contributed by atoms with E-state index in [1.165, 1.54) is 6.92 Å². The minimum absolute atomic E-state index is 0.0240. The summed E-state index contributed by atoms with van der Waals surface area (Å²) in [6.45, 7) is 1.33. The first-order valence-electron chi connectivity index (χ1n) is 5.85. The second kappa shape index (κ2) is 5.67. The molecular formula is C14H9F6N. The maximum atomic E-state index is 13.5. The fourth-order valence-electron chi connectivity index (χ4n) is 1.82. The number of benzene rings is 2. The van der Waals surface area contributed by atoms with Gasteiger partial charge in [-0.1, -0.05) is 0 Å². The van der Waals surface area contributed by atoms with Crippen molar-refractivity contribution < 1.29 is 26.3 Å². The molecule has 21 heavy (non-hydrogen) atoms. The highest BCUT2D eigenvalue weighted by Gasteiger charge is 2.21. The Morgan fingerprint density at radius 3 is 1.71 bits per heavy atom. The summed E-state index contributed by atoms with van der Waals surface area (Å²) in [6, 6.07) is 1.58. The summed E-state index contributed by atoms with van der Waals surface area (Å²) in [5.41, 5.74) is -1.01. The van der Waals surface area contributed by atoms with Gasteiger partial charge in [0, 0.05) is 18.2 Å². The van der Waals surface area contributed by atoms with Crippen LogP contribution in [0.5, 0.6) is 0 Å². The molecule has 2 aromatic rings. The zero-order valence-electron chi connectivity index (χ0n) is 10.7. The van der Waals surface area contributed by atoms with Crippen LogP contribution in [-0.4, -0.2) is 0 Å². The van der Waals surface area contributed by atoms with Crippen LogP contribution in [0, 0.1) is 34.9 Å². The summed E-state index contributed by atoms with van der Waals surface area (Å²) in [6.07, 6.45) is 0. The van der Waals surface area contributed by atoms with E-state index in [0.29, 0.717) is 6.07 Å². The molecule has 0 aliphatic heterocycles. The molecule has 1 atom stereocenters. The van der Waals surface area contributed by atoms with E-state index in [2.05, 4.69) is 5.32 Å². The van der Waals surface area contributed by atoms with Crippen molar-refractivity contribution >= 4 is 5.69 Å². The summed E-state index contributed by atoms with van der Waals surface area (Å²) in [7, 11) is 0. The minimum atomic E-state index is -1.61. The quantitative estimate of drug-likeness (QED) is 0.640. The molecule has 2 rings (SSSR count). The first kappa shape index (κ1) is 15.2. The highest BCUT2D eigenvalue weighted by atomic mass is 19.2. The summed E-state index contributed by atoms with van der Waals surface area (Å²) in [4.78, 5) is 0. The van der Waals surface area contributed by atoms with Gasteiger partial charge in [-0.15, -0.1) is 0 Å². The van der Waals surface area contributed by atoms with Crippen LogP contribution >= 0.6 is 0 Å². The van der Waals surface area contributed by atoms with Crippen LogP contribution in [0.25, 0.3) is 0 Å². The number of anilines is 1. The maximum Gasteiger partial charge on any atom is 0.185 e. The standard InChI is InChI=1S/C14H9F6N/c1-6(7-2-8(15)4-9(16)3-7)21-14-12(19)10(17)5-11(18)13(14)20/h2-6,21H,1H3. The molecule has 0 saturated carbocycles. The van der Waals surface area contributed by atoms with Gasteiger partial charge in [0.25, 0.3) is 0 Å². The van der Waals surface area contributed by atoms with Gasteiger partial charge < -0.3 is 5.32 Å². The molecular weight excluding hydrogens is 296 g/mol. The number of rotatable bonds is 3. The third-order valence-corrected chi connectivity index (χ3v) is 2.86. The van der Waals surface area contributed by atoms with Crippen molar-refractivity contribution in [2.45, 2.75) is 13.0 Å². The fourth-order valence-corrected chi connectivity index (χ4v) is 1.82. The predicted octanol–water partition coefficient (Wildman–Crippen LogP) is 4.69. The third-order valence-electron chi connectivity index (χ3n) is 2.86. The van der Waals surface area contributed by atoms with Gasteiger partial charge in [0.1, 0.15) is 17.3 Å². The van der Waals surface area contributed by atoms with Gasteiger partial charge in [-0.25, -0.2) is 26.3 Å². The first-order chi connectivity index (χ1) is 9.79. The molecule has 7 heteroatoms. The number of hydrogen-bond acceptors (Lipinski definition) is 1. The van der Waals surface area contributed by atoms with Crippen molar-refractivity contribution in [2.24, 2.45) is 0 Å². The van der Waals surface area contributed by atoms with Crippen LogP contribution in [0.15, 0.2) is 24.3 Å². The molecule has 1 N–H and O–H groups in total. The van der Waals surface area contributed by atoms with E-state index in [9.17, 15) is 26.3 Å². The lowest BCUT2D eigenvalue weighted by Crippen LogP contribution is -2.12. The Morgan fingerprint density at radius 2 is 1.24 bits per heavy atom. The zero-order chi connectivity index (χ0) is 15.7. The molecule has 2 aromatic carbocycles. The molecule has 0 spiro atoms. The number of nitrogens with one attached hydrogen (secondary N) is 1. The Labute approximate surface area is 116 Å². The smallest absolute Gasteiger partial charge is 0.185 e. The lowest BCUT2D eigenvalue weighted by atomic mass is 10.1. The first-order valence-corrected chi connectivity index (χ1v) is 5.85. The van der Waals surface area contributed by atoms with Crippen molar-refractivity contribution in [2.75, 3.05) is 5.32 Å². The molecule has 0 fully saturated rings. The Balaban J connectivity index is 2.38. The molecule has 1 unspecified atom stereocenters. The lowest BCUT2D eigenvalue weighted by molar-refractivity contribution is 0.457. The number of hydrogen-bond donors (Lipinski definition) is 1. The average molecular weight is 305 g/mol. The van der Waals surface area contributed by atoms with Crippen LogP contribution in [0.3, 0.4) is 0 Å². The van der Waals surface area contributed by atoms with Gasteiger partial charge in [0.05, 0.1) is 0 Å². The summed E-state index contributed by atoms with van der Waals surface area (Å²) in [5, 5.41) is 2.17. The third kappa shape index (κ3) is 3.12. The Kier molecular flexibility index (Phi) is 4.11. The topological polar surface area (TPSA) is 12.0 Å². The van der Waals surface area contributed by atoms with Crippen LogP contribution in [0.2, 0.25) is 0 Å². The van der Waals surface area contributed by atoms with Gasteiger partial charge in [-0.05, 0) is 24.6 Å². The molecule has 0 aromatic heterocycles. The normalized spacial score (nSPS) is 12.3. The summed E-state index contributed by atoms with van der Waals surface area (Å²) < 4.78 is 79.2. The molecule has 0 aliphatic rings. The predicted molar refractivity (Wildman–Crippen MR) is 64.7 cm³/mol. The van der Waals surface area contributed by atoms with Crippen LogP contribution in [0.1, 0.15) is 18.5 Å². The zero-order valence-corrected chi connectivity index (χ0v) is 10.7. The molecule has 112 valence electrons. The lowest BCUT2D eigenvalue weighted by Gasteiger charge is -2.17. The fraction of sp³-hybridized carbons (Fsp3) is 0.143. The van der Waals surface area contributed by atoms with E-state index >= 15 is 0 Å². The molecule has 1 nitrogen and oxygen atoms in total. The van der Waals surface area contributed by atoms with Crippen LogP contribution < -0.4 is 5.32 Å². The van der Waals surface area contributed by atoms with E-state index in [0.717, 1.165) is 12.1 Å². The van der Waals surface area contributed by atoms with Gasteiger partial charge in [-0.2, -0.15) is 0 Å². The van der Waals surface area contributed by atoms with Crippen molar-refractivity contribution in [3.05, 3.63) is 64.7 Å². The van der Waals surface area contributed by atoms with Gasteiger partial charge in [-0.3, -0.25) is 0 Å². The monoisotopic (exact) mass is 305 g/mol. The molecule has 0 saturated heterocycles. The number of halogens is 6. The van der Waals surface area contributed by atoms with E-state index in [1.54, 1.807) is 0 Å². The summed E-state index contributed by atoms with van der Waals surface area (Å²) >= 11 is 0. The second-order valence-electron chi connectivity index (χ2n) is 4.41. The van der Waals surface area contributed by atoms with Crippen molar-refractivity contribution in [3.63, 3.8) is 0 Å². The van der Waals surface area contributed by atoms with E-state index < -0.39 is 46.6 Å². The molecule has 0 aliphatic carbocycles. The van der Waals surface area contributed by atoms with E-state index in [-0.39, 0.29) is 11.6 Å². The maximum absolute atomic E-state index is 13.5. The van der Waals surface area contributed by atoms with Gasteiger partial charge in [0.15, 0.2) is 23.3 Å². The van der Waals surface area contributed by atoms with Crippen molar-refractivity contribution in [1.29, 1.82) is 0 Å². The van der Waals surface area contributed by atoms with Crippen molar-refractivity contribution in [3.8, 4) is 0 Å². The second-order valence-corrected chi connectivity index (χ2v) is 4.41. The largest absolute Gasteiger partial charge is 0.374 e. The average Bonchev–Trinajstić information content (AvgIpc) is 2.40. The molecule has 0 heterocycles. The minimum Gasteiger partial charge on any atom is -0.374 e. The summed E-state index contributed by atoms with van der Waals surface area (Å²) in [5.74, 6) is -8.15. The van der Waals surface area contributed by atoms with Crippen LogP contribution in [-0.2, 0) is 0 Å².